The maximum absolute atomic E-state index is 9.07. The first-order valence-electron chi connectivity index (χ1n) is 5.79. The molecule has 96 valence electrons. The highest BCUT2D eigenvalue weighted by molar-refractivity contribution is 5.08. The molecule has 0 atom stereocenters. The van der Waals surface area contributed by atoms with Gasteiger partial charge in [0.25, 0.3) is 0 Å². The van der Waals surface area contributed by atoms with Crippen LogP contribution < -0.4 is 0 Å². The Kier molecular flexibility index (Phi) is 4.38. The topological polar surface area (TPSA) is 75.3 Å². The molecule has 0 aliphatic carbocycles. The molecule has 1 N–H and O–H groups in total. The molecule has 2 rings (SSSR count). The third-order valence-electron chi connectivity index (χ3n) is 2.47. The first-order valence-corrected chi connectivity index (χ1v) is 5.79. The van der Waals surface area contributed by atoms with Crippen LogP contribution in [0.25, 0.3) is 0 Å². The van der Waals surface area contributed by atoms with Crippen molar-refractivity contribution in [3.8, 4) is 0 Å². The highest BCUT2D eigenvalue weighted by Crippen LogP contribution is 2.07. The van der Waals surface area contributed by atoms with Crippen molar-refractivity contribution in [1.82, 2.24) is 20.0 Å². The second-order valence-electron chi connectivity index (χ2n) is 4.03. The van der Waals surface area contributed by atoms with Gasteiger partial charge < -0.3 is 9.63 Å². The predicted octanol–water partition coefficient (Wildman–Crippen LogP) is 0.768. The molecule has 0 unspecified atom stereocenters. The third kappa shape index (κ3) is 3.61. The van der Waals surface area contributed by atoms with Crippen LogP contribution in [0.5, 0.6) is 0 Å². The van der Waals surface area contributed by atoms with Crippen LogP contribution in [0.2, 0.25) is 0 Å². The van der Waals surface area contributed by atoms with E-state index in [9.17, 15) is 0 Å². The zero-order chi connectivity index (χ0) is 12.8. The summed E-state index contributed by atoms with van der Waals surface area (Å²) in [4.78, 5) is 10.3. The van der Waals surface area contributed by atoms with Gasteiger partial charge in [-0.1, -0.05) is 11.2 Å². The molecular weight excluding hydrogens is 232 g/mol. The van der Waals surface area contributed by atoms with E-state index in [1.807, 2.05) is 23.2 Å². The van der Waals surface area contributed by atoms with Gasteiger partial charge in [0.15, 0.2) is 5.82 Å². The van der Waals surface area contributed by atoms with Crippen molar-refractivity contribution in [3.63, 3.8) is 0 Å². The average Bonchev–Trinajstić information content (AvgIpc) is 2.76. The lowest BCUT2D eigenvalue weighted by Crippen LogP contribution is -2.26. The van der Waals surface area contributed by atoms with Crippen molar-refractivity contribution in [1.29, 1.82) is 0 Å². The zero-order valence-corrected chi connectivity index (χ0v) is 10.3. The molecule has 6 heteroatoms. The van der Waals surface area contributed by atoms with Gasteiger partial charge >= 0.3 is 0 Å². The summed E-state index contributed by atoms with van der Waals surface area (Å²) < 4.78 is 5.08. The number of pyridine rings is 1. The molecule has 0 fully saturated rings. The van der Waals surface area contributed by atoms with Crippen LogP contribution in [-0.4, -0.2) is 38.3 Å². The minimum Gasteiger partial charge on any atom is -0.395 e. The number of hydrogen-bond donors (Lipinski definition) is 1. The van der Waals surface area contributed by atoms with Gasteiger partial charge in [-0.05, 0) is 18.6 Å². The van der Waals surface area contributed by atoms with Crippen LogP contribution in [0.1, 0.15) is 17.3 Å². The smallest absolute Gasteiger partial charge is 0.240 e. The van der Waals surface area contributed by atoms with Crippen molar-refractivity contribution in [2.45, 2.75) is 20.0 Å². The van der Waals surface area contributed by atoms with Crippen molar-refractivity contribution < 1.29 is 9.63 Å². The molecule has 0 spiro atoms. The summed E-state index contributed by atoms with van der Waals surface area (Å²) >= 11 is 0. The summed E-state index contributed by atoms with van der Waals surface area (Å²) in [7, 11) is 0. The predicted molar refractivity (Wildman–Crippen MR) is 64.5 cm³/mol. The van der Waals surface area contributed by atoms with E-state index in [4.69, 9.17) is 9.63 Å². The molecule has 0 aliphatic rings. The highest BCUT2D eigenvalue weighted by atomic mass is 16.5. The number of aryl methyl sites for hydroxylation is 1. The van der Waals surface area contributed by atoms with Crippen LogP contribution in [0, 0.1) is 6.92 Å². The zero-order valence-electron chi connectivity index (χ0n) is 10.3. The molecule has 0 aliphatic heterocycles. The summed E-state index contributed by atoms with van der Waals surface area (Å²) in [6.45, 7) is 3.64. The van der Waals surface area contributed by atoms with E-state index in [-0.39, 0.29) is 6.61 Å². The van der Waals surface area contributed by atoms with Crippen molar-refractivity contribution >= 4 is 0 Å². The Labute approximate surface area is 105 Å². The molecule has 2 aromatic rings. The van der Waals surface area contributed by atoms with Gasteiger partial charge in [-0.15, -0.1) is 0 Å². The maximum Gasteiger partial charge on any atom is 0.240 e. The summed E-state index contributed by atoms with van der Waals surface area (Å²) in [6, 6.07) is 3.89. The normalized spacial score (nSPS) is 11.1. The van der Waals surface area contributed by atoms with Gasteiger partial charge in [0, 0.05) is 25.5 Å². The lowest BCUT2D eigenvalue weighted by molar-refractivity contribution is 0.167. The Morgan fingerprint density at radius 2 is 2.28 bits per heavy atom. The van der Waals surface area contributed by atoms with E-state index in [2.05, 4.69) is 15.1 Å². The third-order valence-corrected chi connectivity index (χ3v) is 2.47. The van der Waals surface area contributed by atoms with E-state index < -0.39 is 0 Å². The summed E-state index contributed by atoms with van der Waals surface area (Å²) in [5, 5.41) is 12.8. The van der Waals surface area contributed by atoms with Crippen molar-refractivity contribution in [2.75, 3.05) is 13.2 Å². The Morgan fingerprint density at radius 1 is 1.39 bits per heavy atom. The van der Waals surface area contributed by atoms with Crippen molar-refractivity contribution in [3.05, 3.63) is 41.8 Å². The lowest BCUT2D eigenvalue weighted by Gasteiger charge is -2.18. The van der Waals surface area contributed by atoms with Gasteiger partial charge in [0.2, 0.25) is 5.89 Å². The maximum atomic E-state index is 9.07. The molecule has 6 nitrogen and oxygen atoms in total. The quantitative estimate of drug-likeness (QED) is 0.813. The number of nitrogens with zero attached hydrogens (tertiary/aromatic N) is 4. The first kappa shape index (κ1) is 12.7. The number of aromatic nitrogens is 3. The molecule has 2 heterocycles. The van der Waals surface area contributed by atoms with Gasteiger partial charge in [0.1, 0.15) is 0 Å². The fraction of sp³-hybridized carbons (Fsp3) is 0.417. The van der Waals surface area contributed by atoms with Crippen LogP contribution in [0.4, 0.5) is 0 Å². The fourth-order valence-corrected chi connectivity index (χ4v) is 1.70. The minimum atomic E-state index is 0.0907. The molecule has 0 saturated carbocycles. The summed E-state index contributed by atoms with van der Waals surface area (Å²) in [5.41, 5.74) is 1.09. The fourth-order valence-electron chi connectivity index (χ4n) is 1.70. The highest BCUT2D eigenvalue weighted by Gasteiger charge is 2.11. The summed E-state index contributed by atoms with van der Waals surface area (Å²) in [6.07, 6.45) is 3.55. The Bertz CT molecular complexity index is 472. The average molecular weight is 248 g/mol. The Balaban J connectivity index is 1.99. The van der Waals surface area contributed by atoms with E-state index in [0.29, 0.717) is 31.3 Å². The van der Waals surface area contributed by atoms with Crippen LogP contribution in [0.15, 0.2) is 29.0 Å². The number of hydrogen-bond acceptors (Lipinski definition) is 6. The lowest BCUT2D eigenvalue weighted by atomic mass is 10.2. The molecule has 0 saturated heterocycles. The van der Waals surface area contributed by atoms with Crippen molar-refractivity contribution in [2.24, 2.45) is 0 Å². The molecule has 0 radical (unpaired) electrons. The molecular formula is C12H16N4O2. The van der Waals surface area contributed by atoms with Gasteiger partial charge in [-0.3, -0.25) is 9.88 Å². The Hall–Kier alpha value is -1.79. The van der Waals surface area contributed by atoms with Gasteiger partial charge in [0.05, 0.1) is 13.2 Å². The van der Waals surface area contributed by atoms with E-state index in [0.717, 1.165) is 5.56 Å². The molecule has 18 heavy (non-hydrogen) atoms. The Morgan fingerprint density at radius 3 is 2.89 bits per heavy atom. The summed E-state index contributed by atoms with van der Waals surface area (Å²) in [5.74, 6) is 1.18. The second-order valence-corrected chi connectivity index (χ2v) is 4.03. The van der Waals surface area contributed by atoms with E-state index in [1.165, 1.54) is 0 Å². The largest absolute Gasteiger partial charge is 0.395 e. The second kappa shape index (κ2) is 6.23. The number of aliphatic hydroxyl groups excluding tert-OH is 1. The minimum absolute atomic E-state index is 0.0907. The number of aliphatic hydroxyl groups is 1. The van der Waals surface area contributed by atoms with Crippen LogP contribution >= 0.6 is 0 Å². The van der Waals surface area contributed by atoms with E-state index in [1.54, 1.807) is 13.1 Å². The monoisotopic (exact) mass is 248 g/mol. The van der Waals surface area contributed by atoms with Gasteiger partial charge in [-0.2, -0.15) is 4.98 Å². The molecule has 0 aromatic carbocycles. The molecule has 2 aromatic heterocycles. The standard InChI is InChI=1S/C12H16N4O2/c1-10-14-12(18-15-10)9-16(5-6-17)8-11-3-2-4-13-7-11/h2-4,7,17H,5-6,8-9H2,1H3. The van der Waals surface area contributed by atoms with E-state index >= 15 is 0 Å². The molecule has 0 bridgehead atoms. The van der Waals surface area contributed by atoms with Gasteiger partial charge in [-0.25, -0.2) is 0 Å². The molecule has 0 amide bonds. The van der Waals surface area contributed by atoms with Crippen LogP contribution in [-0.2, 0) is 13.1 Å². The SMILES string of the molecule is Cc1noc(CN(CCO)Cc2cccnc2)n1. The van der Waals surface area contributed by atoms with Crippen LogP contribution in [0.3, 0.4) is 0 Å². The first-order chi connectivity index (χ1) is 8.78. The number of rotatable bonds is 6.